The van der Waals surface area contributed by atoms with Crippen LogP contribution >= 0.6 is 0 Å². The van der Waals surface area contributed by atoms with Gasteiger partial charge in [0, 0.05) is 30.9 Å². The Bertz CT molecular complexity index is 1330. The molecule has 2 aromatic heterocycles. The summed E-state index contributed by atoms with van der Waals surface area (Å²) in [7, 11) is 6.08. The SMILES string of the molecule is [B]c1cnn2c(NCCCNC(=O)C(c3ccccc3)C3CCCC3)cc(-c3ccccc3O)nc12. The molecular formula is C28H30BN5O2. The number of hydrogen-bond donors (Lipinski definition) is 3. The number of phenolic OH excluding ortho intramolecular Hbond substituents is 1. The van der Waals surface area contributed by atoms with Crippen LogP contribution in [0.1, 0.15) is 43.6 Å². The summed E-state index contributed by atoms with van der Waals surface area (Å²) in [5, 5.41) is 21.2. The fourth-order valence-corrected chi connectivity index (χ4v) is 5.15. The molecule has 0 aliphatic heterocycles. The second-order valence-corrected chi connectivity index (χ2v) is 9.38. The summed E-state index contributed by atoms with van der Waals surface area (Å²) in [5.74, 6) is 1.30. The predicted octanol–water partition coefficient (Wildman–Crippen LogP) is 3.79. The Hall–Kier alpha value is -3.81. The lowest BCUT2D eigenvalue weighted by atomic mass is 9.84. The van der Waals surface area contributed by atoms with E-state index < -0.39 is 0 Å². The highest BCUT2D eigenvalue weighted by Crippen LogP contribution is 2.37. The van der Waals surface area contributed by atoms with Gasteiger partial charge in [0.2, 0.25) is 5.91 Å². The van der Waals surface area contributed by atoms with Crippen molar-refractivity contribution in [1.29, 1.82) is 0 Å². The van der Waals surface area contributed by atoms with Crippen LogP contribution in [0.2, 0.25) is 0 Å². The van der Waals surface area contributed by atoms with E-state index in [4.69, 9.17) is 7.85 Å². The van der Waals surface area contributed by atoms with Crippen molar-refractivity contribution in [2.75, 3.05) is 18.4 Å². The number of nitrogens with zero attached hydrogens (tertiary/aromatic N) is 3. The summed E-state index contributed by atoms with van der Waals surface area (Å²) in [5.41, 5.74) is 3.31. The Morgan fingerprint density at radius 2 is 1.83 bits per heavy atom. The Morgan fingerprint density at radius 1 is 1.08 bits per heavy atom. The first-order valence-electron chi connectivity index (χ1n) is 12.6. The van der Waals surface area contributed by atoms with Crippen LogP contribution in [-0.2, 0) is 4.79 Å². The maximum atomic E-state index is 13.2. The maximum Gasteiger partial charge on any atom is 0.227 e. The van der Waals surface area contributed by atoms with Gasteiger partial charge in [0.25, 0.3) is 0 Å². The van der Waals surface area contributed by atoms with Gasteiger partial charge >= 0.3 is 0 Å². The Balaban J connectivity index is 1.23. The van der Waals surface area contributed by atoms with Crippen molar-refractivity contribution in [3.05, 3.63) is 72.4 Å². The highest BCUT2D eigenvalue weighted by molar-refractivity contribution is 6.36. The third kappa shape index (κ3) is 5.08. The average molecular weight is 479 g/mol. The molecule has 1 amide bonds. The molecule has 182 valence electrons. The molecule has 0 spiro atoms. The molecule has 7 nitrogen and oxygen atoms in total. The van der Waals surface area contributed by atoms with Gasteiger partial charge in [-0.2, -0.15) is 9.61 Å². The van der Waals surface area contributed by atoms with Crippen LogP contribution in [0.25, 0.3) is 16.9 Å². The van der Waals surface area contributed by atoms with Gasteiger partial charge < -0.3 is 15.7 Å². The molecule has 2 aromatic carbocycles. The average Bonchev–Trinajstić information content (AvgIpc) is 3.55. The minimum atomic E-state index is -0.0883. The van der Waals surface area contributed by atoms with E-state index in [9.17, 15) is 9.90 Å². The molecule has 36 heavy (non-hydrogen) atoms. The van der Waals surface area contributed by atoms with Crippen molar-refractivity contribution in [2.24, 2.45) is 5.92 Å². The first-order valence-corrected chi connectivity index (χ1v) is 12.6. The van der Waals surface area contributed by atoms with Crippen molar-refractivity contribution in [3.63, 3.8) is 0 Å². The quantitative estimate of drug-likeness (QED) is 0.251. The van der Waals surface area contributed by atoms with E-state index in [2.05, 4.69) is 32.8 Å². The molecule has 4 aromatic rings. The number of hydrogen-bond acceptors (Lipinski definition) is 5. The number of carbonyl (C=O) groups is 1. The topological polar surface area (TPSA) is 91.5 Å². The lowest BCUT2D eigenvalue weighted by molar-refractivity contribution is -0.123. The number of benzene rings is 2. The van der Waals surface area contributed by atoms with E-state index in [1.54, 1.807) is 22.8 Å². The minimum Gasteiger partial charge on any atom is -0.507 e. The molecule has 3 N–H and O–H groups in total. The minimum absolute atomic E-state index is 0.0883. The molecule has 0 bridgehead atoms. The molecule has 1 aliphatic rings. The Morgan fingerprint density at radius 3 is 2.61 bits per heavy atom. The molecule has 1 aliphatic carbocycles. The fraction of sp³-hybridized carbons (Fsp3) is 0.321. The monoisotopic (exact) mass is 479 g/mol. The number of amides is 1. The van der Waals surface area contributed by atoms with Gasteiger partial charge in [-0.1, -0.05) is 55.3 Å². The van der Waals surface area contributed by atoms with Gasteiger partial charge in [0.15, 0.2) is 5.65 Å². The number of rotatable bonds is 9. The molecule has 5 rings (SSSR count). The van der Waals surface area contributed by atoms with Crippen LogP contribution < -0.4 is 16.1 Å². The number of fused-ring (bicyclic) bond motifs is 1. The van der Waals surface area contributed by atoms with Crippen molar-refractivity contribution >= 4 is 30.7 Å². The van der Waals surface area contributed by atoms with E-state index >= 15 is 0 Å². The van der Waals surface area contributed by atoms with Crippen molar-refractivity contribution in [3.8, 4) is 17.0 Å². The second kappa shape index (κ2) is 10.9. The van der Waals surface area contributed by atoms with Gasteiger partial charge in [-0.05, 0) is 48.3 Å². The highest BCUT2D eigenvalue weighted by Gasteiger charge is 2.31. The number of aromatic hydroxyl groups is 1. The smallest absolute Gasteiger partial charge is 0.227 e. The van der Waals surface area contributed by atoms with Crippen molar-refractivity contribution < 1.29 is 9.90 Å². The van der Waals surface area contributed by atoms with Crippen LogP contribution in [0.15, 0.2) is 66.9 Å². The molecular weight excluding hydrogens is 449 g/mol. The number of phenols is 1. The van der Waals surface area contributed by atoms with Gasteiger partial charge in [0.1, 0.15) is 19.4 Å². The van der Waals surface area contributed by atoms with Gasteiger partial charge in [-0.15, -0.1) is 0 Å². The third-order valence-corrected chi connectivity index (χ3v) is 6.95. The molecule has 1 unspecified atom stereocenters. The highest BCUT2D eigenvalue weighted by atomic mass is 16.3. The first-order chi connectivity index (χ1) is 17.6. The van der Waals surface area contributed by atoms with Crippen molar-refractivity contribution in [2.45, 2.75) is 38.0 Å². The largest absolute Gasteiger partial charge is 0.507 e. The number of aromatic nitrogens is 3. The summed E-state index contributed by atoms with van der Waals surface area (Å²) in [6, 6.07) is 19.1. The summed E-state index contributed by atoms with van der Waals surface area (Å²) < 4.78 is 1.66. The number of carbonyl (C=O) groups excluding carboxylic acids is 1. The number of para-hydroxylation sites is 1. The normalized spacial score (nSPS) is 14.7. The number of anilines is 1. The summed E-state index contributed by atoms with van der Waals surface area (Å²) >= 11 is 0. The lowest BCUT2D eigenvalue weighted by Gasteiger charge is -2.23. The van der Waals surface area contributed by atoms with Crippen LogP contribution in [0, 0.1) is 5.92 Å². The molecule has 0 saturated heterocycles. The van der Waals surface area contributed by atoms with Crippen LogP contribution in [0.4, 0.5) is 5.82 Å². The molecule has 1 fully saturated rings. The van der Waals surface area contributed by atoms with Crippen LogP contribution in [-0.4, -0.2) is 46.5 Å². The molecule has 2 radical (unpaired) electrons. The molecule has 1 atom stereocenters. The summed E-state index contributed by atoms with van der Waals surface area (Å²) in [6.45, 7) is 1.20. The summed E-state index contributed by atoms with van der Waals surface area (Å²) in [4.78, 5) is 17.8. The second-order valence-electron chi connectivity index (χ2n) is 9.38. The van der Waals surface area contributed by atoms with E-state index in [1.807, 2.05) is 36.4 Å². The summed E-state index contributed by atoms with van der Waals surface area (Å²) in [6.07, 6.45) is 6.93. The molecule has 8 heteroatoms. The first kappa shape index (κ1) is 23.9. The third-order valence-electron chi connectivity index (χ3n) is 6.95. The van der Waals surface area contributed by atoms with E-state index in [-0.39, 0.29) is 17.6 Å². The van der Waals surface area contributed by atoms with Gasteiger partial charge in [-0.3, -0.25) is 4.79 Å². The van der Waals surface area contributed by atoms with Crippen LogP contribution in [0.5, 0.6) is 5.75 Å². The molecule has 1 saturated carbocycles. The lowest BCUT2D eigenvalue weighted by Crippen LogP contribution is -2.34. The Labute approximate surface area is 212 Å². The number of nitrogens with one attached hydrogen (secondary N) is 2. The standard InChI is InChI=1S/C28H30BN5O2/c29-22-18-32-34-25(17-23(33-27(22)34)21-13-6-7-14-24(21)35)30-15-8-16-31-28(36)26(20-11-4-5-12-20)19-9-2-1-3-10-19/h1-3,6-7,9-10,13-14,17-18,20,26,30,35H,4-5,8,11-12,15-16H2,(H,31,36). The van der Waals surface area contributed by atoms with Gasteiger partial charge in [-0.25, -0.2) is 4.98 Å². The Kier molecular flexibility index (Phi) is 7.21. The predicted molar refractivity (Wildman–Crippen MR) is 143 cm³/mol. The molecule has 2 heterocycles. The zero-order valence-electron chi connectivity index (χ0n) is 20.2. The zero-order valence-corrected chi connectivity index (χ0v) is 20.2. The fourth-order valence-electron chi connectivity index (χ4n) is 5.15. The van der Waals surface area contributed by atoms with E-state index in [0.717, 1.165) is 30.6 Å². The zero-order chi connectivity index (χ0) is 24.9. The van der Waals surface area contributed by atoms with E-state index in [1.165, 1.54) is 12.8 Å². The maximum absolute atomic E-state index is 13.2. The van der Waals surface area contributed by atoms with Crippen LogP contribution in [0.3, 0.4) is 0 Å². The van der Waals surface area contributed by atoms with Crippen molar-refractivity contribution in [1.82, 2.24) is 19.9 Å². The van der Waals surface area contributed by atoms with E-state index in [0.29, 0.717) is 41.4 Å². The van der Waals surface area contributed by atoms with Gasteiger partial charge in [0.05, 0.1) is 11.6 Å².